The van der Waals surface area contributed by atoms with Crippen LogP contribution in [0.15, 0.2) is 23.3 Å². The van der Waals surface area contributed by atoms with Gasteiger partial charge >= 0.3 is 25.4 Å². The molecule has 2 aromatic rings. The van der Waals surface area contributed by atoms with Crippen LogP contribution in [0.25, 0.3) is 11.0 Å². The molecule has 0 spiro atoms. The van der Waals surface area contributed by atoms with Gasteiger partial charge in [0.1, 0.15) is 17.7 Å². The normalized spacial score (nSPS) is 11.9. The SMILES string of the molecule is CCOC(=O)c1cn(N(CC(F)(F)F)C(=O)OC(C)(C)C)c2ncc(B(O)O)cc2c1=O. The number of alkyl halides is 3. The molecular formula is C18H21BF3N3O7. The quantitative estimate of drug-likeness (QED) is 0.494. The summed E-state index contributed by atoms with van der Waals surface area (Å²) in [5.74, 6) is -1.15. The van der Waals surface area contributed by atoms with E-state index in [1.165, 1.54) is 27.7 Å². The van der Waals surface area contributed by atoms with Gasteiger partial charge in [-0.1, -0.05) is 0 Å². The molecule has 2 N–H and O–H groups in total. The molecule has 2 aromatic heterocycles. The molecule has 1 amide bonds. The lowest BCUT2D eigenvalue weighted by Crippen LogP contribution is -2.49. The maximum Gasteiger partial charge on any atom is 0.490 e. The van der Waals surface area contributed by atoms with E-state index < -0.39 is 59.5 Å². The standard InChI is InChI=1S/C18H21BF3N3O7/c1-5-31-15(27)12-8-24(14-11(13(12)26)6-10(7-23-14)19(29)30)25(9-18(20,21)22)16(28)32-17(2,3)4/h6-8,29-30H,5,9H2,1-4H3. The summed E-state index contributed by atoms with van der Waals surface area (Å²) in [4.78, 5) is 41.5. The fraction of sp³-hybridized carbons (Fsp3) is 0.444. The topological polar surface area (TPSA) is 131 Å². The van der Waals surface area contributed by atoms with Gasteiger partial charge in [0.05, 0.1) is 12.0 Å². The van der Waals surface area contributed by atoms with Gasteiger partial charge in [-0.2, -0.15) is 13.2 Å². The van der Waals surface area contributed by atoms with E-state index in [4.69, 9.17) is 9.47 Å². The van der Waals surface area contributed by atoms with Crippen molar-refractivity contribution in [1.82, 2.24) is 9.66 Å². The Kier molecular flexibility index (Phi) is 7.20. The van der Waals surface area contributed by atoms with Gasteiger partial charge < -0.3 is 19.5 Å². The van der Waals surface area contributed by atoms with Crippen LogP contribution in [0.1, 0.15) is 38.1 Å². The van der Waals surface area contributed by atoms with E-state index in [1.807, 2.05) is 0 Å². The number of nitrogens with zero attached hydrogens (tertiary/aromatic N) is 3. The van der Waals surface area contributed by atoms with Crippen molar-refractivity contribution in [2.24, 2.45) is 0 Å². The summed E-state index contributed by atoms with van der Waals surface area (Å²) in [6.45, 7) is 3.80. The van der Waals surface area contributed by atoms with E-state index in [0.717, 1.165) is 12.3 Å². The van der Waals surface area contributed by atoms with Crippen molar-refractivity contribution in [3.63, 3.8) is 0 Å². The van der Waals surface area contributed by atoms with Gasteiger partial charge in [-0.05, 0) is 33.8 Å². The fourth-order valence-corrected chi connectivity index (χ4v) is 2.60. The molecule has 0 aromatic carbocycles. The summed E-state index contributed by atoms with van der Waals surface area (Å²) >= 11 is 0. The first kappa shape index (κ1) is 25.1. The first-order valence-corrected chi connectivity index (χ1v) is 9.30. The van der Waals surface area contributed by atoms with Gasteiger partial charge in [0.2, 0.25) is 5.43 Å². The number of carbonyl (C=O) groups is 2. The number of pyridine rings is 2. The highest BCUT2D eigenvalue weighted by molar-refractivity contribution is 6.58. The average molecular weight is 459 g/mol. The Labute approximate surface area is 180 Å². The molecule has 0 bridgehead atoms. The Morgan fingerprint density at radius 1 is 1.25 bits per heavy atom. The van der Waals surface area contributed by atoms with Crippen LogP contribution in [0.4, 0.5) is 18.0 Å². The third-order valence-electron chi connectivity index (χ3n) is 3.83. The molecule has 0 aliphatic rings. The summed E-state index contributed by atoms with van der Waals surface area (Å²) in [7, 11) is -2.05. The van der Waals surface area contributed by atoms with Crippen molar-refractivity contribution in [3.05, 3.63) is 34.2 Å². The zero-order valence-electron chi connectivity index (χ0n) is 17.6. The summed E-state index contributed by atoms with van der Waals surface area (Å²) in [5, 5.41) is 18.4. The van der Waals surface area contributed by atoms with Gasteiger partial charge in [-0.15, -0.1) is 0 Å². The molecule has 14 heteroatoms. The number of fused-ring (bicyclic) bond motifs is 1. The minimum absolute atomic E-state index is 0.123. The van der Waals surface area contributed by atoms with Crippen molar-refractivity contribution in [1.29, 1.82) is 0 Å². The minimum Gasteiger partial charge on any atom is -0.462 e. The zero-order valence-corrected chi connectivity index (χ0v) is 17.6. The fourth-order valence-electron chi connectivity index (χ4n) is 2.60. The lowest BCUT2D eigenvalue weighted by atomic mass is 9.81. The highest BCUT2D eigenvalue weighted by Gasteiger charge is 2.37. The van der Waals surface area contributed by atoms with Crippen molar-refractivity contribution in [3.8, 4) is 0 Å². The third-order valence-corrected chi connectivity index (χ3v) is 3.83. The smallest absolute Gasteiger partial charge is 0.462 e. The summed E-state index contributed by atoms with van der Waals surface area (Å²) in [6.07, 6.45) is -4.73. The number of aromatic nitrogens is 2. The van der Waals surface area contributed by atoms with Crippen molar-refractivity contribution in [2.75, 3.05) is 18.2 Å². The molecular weight excluding hydrogens is 438 g/mol. The average Bonchev–Trinajstić information content (AvgIpc) is 2.64. The highest BCUT2D eigenvalue weighted by Crippen LogP contribution is 2.20. The highest BCUT2D eigenvalue weighted by atomic mass is 19.4. The Hall–Kier alpha value is -3.13. The van der Waals surface area contributed by atoms with E-state index >= 15 is 0 Å². The monoisotopic (exact) mass is 459 g/mol. The molecule has 0 aliphatic heterocycles. The molecule has 0 radical (unpaired) electrons. The van der Waals surface area contributed by atoms with Crippen LogP contribution in [0, 0.1) is 0 Å². The van der Waals surface area contributed by atoms with Gasteiger partial charge in [0, 0.05) is 17.9 Å². The Morgan fingerprint density at radius 2 is 1.88 bits per heavy atom. The second-order valence-corrected chi connectivity index (χ2v) is 7.60. The number of carbonyl (C=O) groups excluding carboxylic acids is 2. The largest absolute Gasteiger partial charge is 0.490 e. The Morgan fingerprint density at radius 3 is 2.38 bits per heavy atom. The molecule has 0 saturated carbocycles. The first-order valence-electron chi connectivity index (χ1n) is 9.30. The number of hydrogen-bond acceptors (Lipinski definition) is 8. The van der Waals surface area contributed by atoms with E-state index in [2.05, 4.69) is 4.98 Å². The number of rotatable bonds is 5. The number of esters is 1. The molecule has 0 atom stereocenters. The maximum atomic E-state index is 13.3. The van der Waals surface area contributed by atoms with Gasteiger partial charge in [-0.25, -0.2) is 24.3 Å². The molecule has 174 valence electrons. The molecule has 0 unspecified atom stereocenters. The zero-order chi connectivity index (χ0) is 24.4. The number of amides is 1. The number of ether oxygens (including phenoxy) is 2. The van der Waals surface area contributed by atoms with E-state index in [-0.39, 0.29) is 17.1 Å². The molecule has 0 aliphatic carbocycles. The van der Waals surface area contributed by atoms with Gasteiger partial charge in [0.25, 0.3) is 0 Å². The van der Waals surface area contributed by atoms with Crippen LogP contribution in [0.2, 0.25) is 0 Å². The molecule has 2 heterocycles. The second kappa shape index (κ2) is 9.16. The van der Waals surface area contributed by atoms with E-state index in [9.17, 15) is 37.6 Å². The Balaban J connectivity index is 2.86. The predicted octanol–water partition coefficient (Wildman–Crippen LogP) is 0.688. The lowest BCUT2D eigenvalue weighted by molar-refractivity contribution is -0.122. The van der Waals surface area contributed by atoms with Crippen molar-refractivity contribution in [2.45, 2.75) is 39.5 Å². The van der Waals surface area contributed by atoms with E-state index in [0.29, 0.717) is 10.9 Å². The lowest BCUT2D eigenvalue weighted by Gasteiger charge is -2.30. The first-order chi connectivity index (χ1) is 14.6. The van der Waals surface area contributed by atoms with Crippen molar-refractivity contribution < 1.29 is 42.3 Å². The van der Waals surface area contributed by atoms with Gasteiger partial charge in [-0.3, -0.25) is 4.79 Å². The summed E-state index contributed by atoms with van der Waals surface area (Å²) in [5.41, 5.74) is -3.56. The maximum absolute atomic E-state index is 13.3. The van der Waals surface area contributed by atoms with Crippen LogP contribution in [-0.2, 0) is 9.47 Å². The molecule has 10 nitrogen and oxygen atoms in total. The van der Waals surface area contributed by atoms with Crippen LogP contribution >= 0.6 is 0 Å². The van der Waals surface area contributed by atoms with E-state index in [1.54, 1.807) is 0 Å². The number of hydrogen-bond donors (Lipinski definition) is 2. The second-order valence-electron chi connectivity index (χ2n) is 7.60. The van der Waals surface area contributed by atoms with Crippen LogP contribution in [-0.4, -0.2) is 63.8 Å². The Bertz CT molecular complexity index is 1080. The van der Waals surface area contributed by atoms with Crippen LogP contribution < -0.4 is 15.9 Å². The summed E-state index contributed by atoms with van der Waals surface area (Å²) in [6, 6.07) is 0.940. The predicted molar refractivity (Wildman–Crippen MR) is 107 cm³/mol. The third kappa shape index (κ3) is 5.98. The van der Waals surface area contributed by atoms with Crippen molar-refractivity contribution >= 4 is 35.7 Å². The molecule has 0 fully saturated rings. The molecule has 0 saturated heterocycles. The van der Waals surface area contributed by atoms with Gasteiger partial charge in [0.15, 0.2) is 5.65 Å². The minimum atomic E-state index is -4.89. The number of halogens is 3. The van der Waals surface area contributed by atoms with Crippen LogP contribution in [0.3, 0.4) is 0 Å². The van der Waals surface area contributed by atoms with Crippen LogP contribution in [0.5, 0.6) is 0 Å². The summed E-state index contributed by atoms with van der Waals surface area (Å²) < 4.78 is 50.3. The molecule has 32 heavy (non-hydrogen) atoms. The molecule has 2 rings (SSSR count).